The number of fused-ring (bicyclic) bond motifs is 1. The lowest BCUT2D eigenvalue weighted by molar-refractivity contribution is -0.136. The van der Waals surface area contributed by atoms with Crippen molar-refractivity contribution in [3.05, 3.63) is 76.6 Å². The van der Waals surface area contributed by atoms with E-state index < -0.39 is 44.2 Å². The largest absolute Gasteiger partial charge is 0.481 e. The van der Waals surface area contributed by atoms with Crippen LogP contribution in [0, 0.1) is 24.4 Å². The lowest BCUT2D eigenvalue weighted by atomic mass is 9.92. The zero-order valence-corrected chi connectivity index (χ0v) is 19.4. The quantitative estimate of drug-likeness (QED) is 0.573. The van der Waals surface area contributed by atoms with Gasteiger partial charge < -0.3 is 10.0 Å². The number of hydrogen-bond donors (Lipinski definition) is 1. The first-order valence-corrected chi connectivity index (χ1v) is 12.1. The van der Waals surface area contributed by atoms with Gasteiger partial charge in [-0.25, -0.2) is 21.6 Å². The molecule has 35 heavy (non-hydrogen) atoms. The van der Waals surface area contributed by atoms with Gasteiger partial charge >= 0.3 is 5.97 Å². The van der Waals surface area contributed by atoms with E-state index in [-0.39, 0.29) is 38.2 Å². The van der Waals surface area contributed by atoms with Crippen molar-refractivity contribution in [3.8, 4) is 0 Å². The van der Waals surface area contributed by atoms with Crippen molar-refractivity contribution in [1.82, 2.24) is 9.21 Å². The lowest BCUT2D eigenvalue weighted by Crippen LogP contribution is -2.50. The van der Waals surface area contributed by atoms with E-state index in [1.807, 2.05) is 0 Å². The minimum atomic E-state index is -4.25. The number of amides is 1. The average molecular weight is 507 g/mol. The number of carbonyl (C=O) groups is 2. The summed E-state index contributed by atoms with van der Waals surface area (Å²) < 4.78 is 68.0. The van der Waals surface area contributed by atoms with E-state index in [2.05, 4.69) is 0 Å². The normalized spacial score (nSPS) is 14.9. The molecule has 1 fully saturated rings. The van der Waals surface area contributed by atoms with Gasteiger partial charge in [0, 0.05) is 32.2 Å². The number of carboxylic acid groups (broad SMARTS) is 1. The number of halogens is 3. The molecule has 1 amide bonds. The Morgan fingerprint density at radius 2 is 1.57 bits per heavy atom. The van der Waals surface area contributed by atoms with Gasteiger partial charge in [-0.1, -0.05) is 12.1 Å². The van der Waals surface area contributed by atoms with Gasteiger partial charge in [-0.3, -0.25) is 9.59 Å². The fourth-order valence-electron chi connectivity index (χ4n) is 4.26. The summed E-state index contributed by atoms with van der Waals surface area (Å²) >= 11 is 0. The zero-order chi connectivity index (χ0) is 25.5. The lowest BCUT2D eigenvalue weighted by Gasteiger charge is -2.34. The van der Waals surface area contributed by atoms with Crippen LogP contribution in [-0.2, 0) is 21.2 Å². The highest BCUT2D eigenvalue weighted by Crippen LogP contribution is 2.29. The molecule has 1 heterocycles. The van der Waals surface area contributed by atoms with Crippen molar-refractivity contribution in [3.63, 3.8) is 0 Å². The minimum absolute atomic E-state index is 0.0275. The Hall–Kier alpha value is -3.44. The number of nitrogens with zero attached hydrogens (tertiary/aromatic N) is 2. The van der Waals surface area contributed by atoms with Crippen LogP contribution in [0.3, 0.4) is 0 Å². The van der Waals surface area contributed by atoms with Crippen molar-refractivity contribution in [2.24, 2.45) is 0 Å². The fourth-order valence-corrected chi connectivity index (χ4v) is 5.73. The molecule has 1 aliphatic heterocycles. The molecule has 7 nitrogen and oxygen atoms in total. The van der Waals surface area contributed by atoms with Gasteiger partial charge in [0.25, 0.3) is 5.91 Å². The first kappa shape index (κ1) is 24.7. The Labute approximate surface area is 199 Å². The highest BCUT2D eigenvalue weighted by molar-refractivity contribution is 7.89. The molecule has 0 aliphatic carbocycles. The van der Waals surface area contributed by atoms with Crippen LogP contribution in [-0.4, -0.2) is 60.8 Å². The Balaban J connectivity index is 1.63. The van der Waals surface area contributed by atoms with Gasteiger partial charge in [-0.15, -0.1) is 0 Å². The van der Waals surface area contributed by atoms with Gasteiger partial charge in [0.15, 0.2) is 0 Å². The summed E-state index contributed by atoms with van der Waals surface area (Å²) in [7, 11) is -4.25. The monoisotopic (exact) mass is 506 g/mol. The van der Waals surface area contributed by atoms with Gasteiger partial charge in [0.1, 0.15) is 22.3 Å². The molecule has 1 saturated heterocycles. The number of piperazine rings is 1. The standard InChI is InChI=1S/C24H21F3N2O5S/c1-14-16(11-22(30)31)10-15-2-3-17(25)12-19(15)23(14)24(32)28-6-8-29(9-7-28)35(33,34)21-5-4-18(26)13-20(21)27/h2-5,10,12-13H,6-9,11H2,1H3,(H,30,31). The number of hydrogen-bond acceptors (Lipinski definition) is 4. The van der Waals surface area contributed by atoms with Crippen molar-refractivity contribution >= 4 is 32.7 Å². The molecule has 0 saturated carbocycles. The Morgan fingerprint density at radius 3 is 2.20 bits per heavy atom. The summed E-state index contributed by atoms with van der Waals surface area (Å²) in [5.41, 5.74) is 0.964. The molecule has 0 unspecified atom stereocenters. The molecule has 0 atom stereocenters. The molecule has 3 aromatic carbocycles. The van der Waals surface area contributed by atoms with Gasteiger partial charge in [0.05, 0.1) is 12.0 Å². The average Bonchev–Trinajstić information content (AvgIpc) is 2.79. The molecule has 1 N–H and O–H groups in total. The van der Waals surface area contributed by atoms with Crippen molar-refractivity contribution in [1.29, 1.82) is 0 Å². The third kappa shape index (κ3) is 4.73. The Kier molecular flexibility index (Phi) is 6.56. The number of rotatable bonds is 5. The second-order valence-electron chi connectivity index (χ2n) is 8.24. The molecular weight excluding hydrogens is 485 g/mol. The SMILES string of the molecule is Cc1c(CC(=O)O)cc2ccc(F)cc2c1C(=O)N1CCN(S(=O)(=O)c2ccc(F)cc2F)CC1. The third-order valence-electron chi connectivity index (χ3n) is 6.06. The molecule has 0 radical (unpaired) electrons. The fraction of sp³-hybridized carbons (Fsp3) is 0.250. The van der Waals surface area contributed by atoms with Crippen molar-refractivity contribution in [2.75, 3.05) is 26.2 Å². The third-order valence-corrected chi connectivity index (χ3v) is 8.00. The number of aliphatic carboxylic acids is 1. The summed E-state index contributed by atoms with van der Waals surface area (Å²) in [6, 6.07) is 7.70. The minimum Gasteiger partial charge on any atom is -0.481 e. The van der Waals surface area contributed by atoms with Crippen LogP contribution in [0.2, 0.25) is 0 Å². The van der Waals surface area contributed by atoms with Crippen molar-refractivity contribution < 1.29 is 36.3 Å². The summed E-state index contributed by atoms with van der Waals surface area (Å²) in [6.45, 7) is 1.27. The molecule has 4 rings (SSSR count). The molecule has 0 bridgehead atoms. The van der Waals surface area contributed by atoms with E-state index in [0.29, 0.717) is 28.0 Å². The molecule has 184 valence electrons. The van der Waals surface area contributed by atoms with Crippen LogP contribution in [0.1, 0.15) is 21.5 Å². The van der Waals surface area contributed by atoms with Crippen LogP contribution in [0.15, 0.2) is 47.4 Å². The molecule has 1 aliphatic rings. The molecule has 11 heteroatoms. The maximum Gasteiger partial charge on any atom is 0.307 e. The van der Waals surface area contributed by atoms with Gasteiger partial charge in [0.2, 0.25) is 10.0 Å². The van der Waals surface area contributed by atoms with Crippen molar-refractivity contribution in [2.45, 2.75) is 18.2 Å². The van der Waals surface area contributed by atoms with Gasteiger partial charge in [-0.05, 0) is 53.1 Å². The van der Waals surface area contributed by atoms with E-state index in [1.54, 1.807) is 13.0 Å². The Morgan fingerprint density at radius 1 is 0.943 bits per heavy atom. The smallest absolute Gasteiger partial charge is 0.307 e. The van der Waals surface area contributed by atoms with E-state index in [1.165, 1.54) is 23.1 Å². The highest BCUT2D eigenvalue weighted by atomic mass is 32.2. The predicted octanol–water partition coefficient (Wildman–Crippen LogP) is 3.34. The molecular formula is C24H21F3N2O5S. The maximum atomic E-state index is 14.1. The highest BCUT2D eigenvalue weighted by Gasteiger charge is 2.33. The van der Waals surface area contributed by atoms with Gasteiger partial charge in [-0.2, -0.15) is 4.31 Å². The van der Waals surface area contributed by atoms with Crippen LogP contribution < -0.4 is 0 Å². The number of carbonyl (C=O) groups excluding carboxylic acids is 1. The molecule has 3 aromatic rings. The second-order valence-corrected chi connectivity index (χ2v) is 10.1. The van der Waals surface area contributed by atoms with E-state index in [9.17, 15) is 36.3 Å². The van der Waals surface area contributed by atoms with Crippen LogP contribution >= 0.6 is 0 Å². The zero-order valence-electron chi connectivity index (χ0n) is 18.6. The maximum absolute atomic E-state index is 14.1. The van der Waals surface area contributed by atoms with Crippen LogP contribution in [0.4, 0.5) is 13.2 Å². The summed E-state index contributed by atoms with van der Waals surface area (Å²) in [5.74, 6) is -4.24. The first-order valence-electron chi connectivity index (χ1n) is 10.7. The number of sulfonamides is 1. The Bertz CT molecular complexity index is 1450. The first-order chi connectivity index (χ1) is 16.5. The summed E-state index contributed by atoms with van der Waals surface area (Å²) in [4.78, 5) is 25.5. The number of carboxylic acids is 1. The van der Waals surface area contributed by atoms with E-state index >= 15 is 0 Å². The van der Waals surface area contributed by atoms with E-state index in [0.717, 1.165) is 16.4 Å². The molecule has 0 spiro atoms. The second kappa shape index (κ2) is 9.31. The number of benzene rings is 3. The van der Waals surface area contributed by atoms with E-state index in [4.69, 9.17) is 0 Å². The van der Waals surface area contributed by atoms with Crippen LogP contribution in [0.25, 0.3) is 10.8 Å². The topological polar surface area (TPSA) is 95.0 Å². The summed E-state index contributed by atoms with van der Waals surface area (Å²) in [5, 5.41) is 10.1. The van der Waals surface area contributed by atoms with Crippen LogP contribution in [0.5, 0.6) is 0 Å². The molecule has 0 aromatic heterocycles. The predicted molar refractivity (Wildman–Crippen MR) is 121 cm³/mol. The summed E-state index contributed by atoms with van der Waals surface area (Å²) in [6.07, 6.45) is -0.325.